The second-order valence-electron chi connectivity index (χ2n) is 14.0. The molecule has 60 heavy (non-hydrogen) atoms. The maximum Gasteiger partial charge on any atom is 0.338 e. The number of benzene rings is 4. The SMILES string of the molecule is O=C(OCC(=O)c1ccc(Cl)cc1Cl)c1ccc(N2C(=O)CC(N3CCN(C4CC(=O)N(c5ccc(C(=O)OCC(=O)c6ccc(Cl)cc6Cl)cc5)C4=O)CC3)C2=O)cc1. The lowest BCUT2D eigenvalue weighted by atomic mass is 10.1. The van der Waals surface area contributed by atoms with Crippen molar-refractivity contribution in [2.45, 2.75) is 24.9 Å². The summed E-state index contributed by atoms with van der Waals surface area (Å²) in [6.45, 7) is 0.279. The molecule has 0 aliphatic carbocycles. The minimum Gasteiger partial charge on any atom is -0.454 e. The topological polar surface area (TPSA) is 168 Å². The standard InChI is InChI=1S/C42H32Cl4N4O10/c43-25-5-11-29(31(45)17-25)35(51)21-59-41(57)23-1-7-27(8-2-23)49-37(53)19-33(39(49)55)47-13-15-48(16-14-47)34-20-38(54)50(40(34)56)28-9-3-24(4-10-28)42(58)60-22-36(52)30-12-6-26(44)18-32(30)46/h1-12,17-18,33-34H,13-16,19-22H2. The molecule has 7 rings (SSSR count). The predicted octanol–water partition coefficient (Wildman–Crippen LogP) is 5.96. The Labute approximate surface area is 362 Å². The van der Waals surface area contributed by atoms with Crippen LogP contribution in [0.5, 0.6) is 0 Å². The third-order valence-corrected chi connectivity index (χ3v) is 11.4. The van der Waals surface area contributed by atoms with Gasteiger partial charge >= 0.3 is 11.9 Å². The number of halogens is 4. The molecule has 4 amide bonds. The minimum absolute atomic E-state index is 0.0663. The van der Waals surface area contributed by atoms with Crippen molar-refractivity contribution in [1.29, 1.82) is 0 Å². The van der Waals surface area contributed by atoms with E-state index in [4.69, 9.17) is 55.9 Å². The van der Waals surface area contributed by atoms with Gasteiger partial charge in [-0.25, -0.2) is 19.4 Å². The molecule has 14 nitrogen and oxygen atoms in total. The molecule has 0 radical (unpaired) electrons. The fraction of sp³-hybridized carbons (Fsp3) is 0.238. The number of ether oxygens (including phenoxy) is 2. The van der Waals surface area contributed by atoms with Gasteiger partial charge in [-0.05, 0) is 84.9 Å². The minimum atomic E-state index is -0.788. The number of Topliss-reactive ketones (excluding diaryl/α,β-unsaturated/α-hetero) is 2. The molecule has 2 unspecified atom stereocenters. The average molecular weight is 895 g/mol. The first-order valence-corrected chi connectivity index (χ1v) is 19.9. The lowest BCUT2D eigenvalue weighted by Gasteiger charge is -2.38. The zero-order chi connectivity index (χ0) is 42.8. The number of nitrogens with zero attached hydrogens (tertiary/aromatic N) is 4. The van der Waals surface area contributed by atoms with Crippen molar-refractivity contribution in [3.05, 3.63) is 127 Å². The van der Waals surface area contributed by atoms with E-state index in [1.165, 1.54) is 84.9 Å². The van der Waals surface area contributed by atoms with E-state index in [2.05, 4.69) is 0 Å². The Kier molecular flexibility index (Phi) is 12.8. The van der Waals surface area contributed by atoms with E-state index >= 15 is 0 Å². The van der Waals surface area contributed by atoms with Gasteiger partial charge in [-0.15, -0.1) is 0 Å². The molecule has 2 atom stereocenters. The number of hydrogen-bond acceptors (Lipinski definition) is 12. The fourth-order valence-electron chi connectivity index (χ4n) is 7.21. The highest BCUT2D eigenvalue weighted by Gasteiger charge is 2.47. The van der Waals surface area contributed by atoms with Crippen molar-refractivity contribution in [1.82, 2.24) is 9.80 Å². The Bertz CT molecular complexity index is 2270. The van der Waals surface area contributed by atoms with Crippen molar-refractivity contribution >= 4 is 105 Å². The summed E-state index contributed by atoms with van der Waals surface area (Å²) in [5.41, 5.74) is 1.03. The number of anilines is 2. The van der Waals surface area contributed by atoms with Crippen molar-refractivity contribution in [2.75, 3.05) is 49.2 Å². The van der Waals surface area contributed by atoms with Crippen LogP contribution in [0.15, 0.2) is 84.9 Å². The van der Waals surface area contributed by atoms with Gasteiger partial charge in [0.25, 0.3) is 11.8 Å². The number of rotatable bonds is 12. The first-order chi connectivity index (χ1) is 28.7. The zero-order valence-electron chi connectivity index (χ0n) is 31.3. The van der Waals surface area contributed by atoms with Crippen LogP contribution >= 0.6 is 46.4 Å². The number of carbonyl (C=O) groups excluding carboxylic acids is 8. The largest absolute Gasteiger partial charge is 0.454 e. The normalized spacial score (nSPS) is 18.6. The van der Waals surface area contributed by atoms with Crippen LogP contribution in [0.4, 0.5) is 11.4 Å². The fourth-order valence-corrected chi connectivity index (χ4v) is 8.24. The maximum absolute atomic E-state index is 13.6. The highest BCUT2D eigenvalue weighted by atomic mass is 35.5. The van der Waals surface area contributed by atoms with Crippen LogP contribution < -0.4 is 9.80 Å². The van der Waals surface area contributed by atoms with E-state index in [0.29, 0.717) is 36.2 Å². The lowest BCUT2D eigenvalue weighted by Crippen LogP contribution is -2.56. The third-order valence-electron chi connectivity index (χ3n) is 10.3. The van der Waals surface area contributed by atoms with Crippen LogP contribution in [0, 0.1) is 0 Å². The quantitative estimate of drug-likeness (QED) is 0.0932. The average Bonchev–Trinajstić information content (AvgIpc) is 3.70. The smallest absolute Gasteiger partial charge is 0.338 e. The van der Waals surface area contributed by atoms with E-state index in [-0.39, 0.29) is 56.5 Å². The van der Waals surface area contributed by atoms with Gasteiger partial charge in [0.15, 0.2) is 13.2 Å². The third kappa shape index (κ3) is 8.99. The molecular formula is C42H32Cl4N4O10. The lowest BCUT2D eigenvalue weighted by molar-refractivity contribution is -0.126. The molecular weight excluding hydrogens is 862 g/mol. The van der Waals surface area contributed by atoms with Gasteiger partial charge in [0.2, 0.25) is 23.4 Å². The second-order valence-corrected chi connectivity index (χ2v) is 15.7. The summed E-state index contributed by atoms with van der Waals surface area (Å²) >= 11 is 23.9. The summed E-state index contributed by atoms with van der Waals surface area (Å²) in [6.07, 6.45) is -0.133. The van der Waals surface area contributed by atoms with E-state index < -0.39 is 72.4 Å². The summed E-state index contributed by atoms with van der Waals surface area (Å²) in [5.74, 6) is -4.33. The molecule has 4 aromatic carbocycles. The monoisotopic (exact) mass is 892 g/mol. The molecule has 3 fully saturated rings. The molecule has 18 heteroatoms. The Balaban J connectivity index is 0.894. The van der Waals surface area contributed by atoms with Crippen LogP contribution in [-0.4, -0.2) is 108 Å². The number of carbonyl (C=O) groups is 8. The summed E-state index contributed by atoms with van der Waals surface area (Å²) < 4.78 is 10.3. The molecule has 3 aliphatic rings. The Hall–Kier alpha value is -5.48. The predicted molar refractivity (Wildman–Crippen MR) is 220 cm³/mol. The molecule has 308 valence electrons. The number of esters is 2. The summed E-state index contributed by atoms with van der Waals surface area (Å²) in [6, 6.07) is 18.5. The Morgan fingerprint density at radius 2 is 0.867 bits per heavy atom. The van der Waals surface area contributed by atoms with Crippen molar-refractivity contribution in [2.24, 2.45) is 0 Å². The van der Waals surface area contributed by atoms with Crippen LogP contribution in [0.3, 0.4) is 0 Å². The highest BCUT2D eigenvalue weighted by molar-refractivity contribution is 6.37. The molecule has 0 saturated carbocycles. The number of hydrogen-bond donors (Lipinski definition) is 0. The summed E-state index contributed by atoms with van der Waals surface area (Å²) in [4.78, 5) is 110. The van der Waals surface area contributed by atoms with Crippen LogP contribution in [-0.2, 0) is 28.7 Å². The molecule has 0 N–H and O–H groups in total. The number of ketones is 2. The molecule has 0 spiro atoms. The first kappa shape index (κ1) is 42.6. The van der Waals surface area contributed by atoms with E-state index in [0.717, 1.165) is 9.80 Å². The van der Waals surface area contributed by atoms with Crippen LogP contribution in [0.2, 0.25) is 20.1 Å². The Morgan fingerprint density at radius 3 is 1.20 bits per heavy atom. The maximum atomic E-state index is 13.6. The number of piperazine rings is 1. The van der Waals surface area contributed by atoms with Crippen molar-refractivity contribution in [3.8, 4) is 0 Å². The van der Waals surface area contributed by atoms with E-state index in [1.54, 1.807) is 0 Å². The molecule has 3 aliphatic heterocycles. The van der Waals surface area contributed by atoms with Crippen LogP contribution in [0.1, 0.15) is 54.3 Å². The van der Waals surface area contributed by atoms with E-state index in [9.17, 15) is 38.4 Å². The van der Waals surface area contributed by atoms with Crippen molar-refractivity contribution in [3.63, 3.8) is 0 Å². The molecule has 0 bridgehead atoms. The van der Waals surface area contributed by atoms with Gasteiger partial charge < -0.3 is 9.47 Å². The Morgan fingerprint density at radius 1 is 0.517 bits per heavy atom. The summed E-state index contributed by atoms with van der Waals surface area (Å²) in [7, 11) is 0. The molecule has 3 heterocycles. The number of imide groups is 2. The van der Waals surface area contributed by atoms with Gasteiger partial charge in [-0.1, -0.05) is 46.4 Å². The van der Waals surface area contributed by atoms with Gasteiger partial charge in [0, 0.05) is 47.4 Å². The molecule has 3 saturated heterocycles. The van der Waals surface area contributed by atoms with Gasteiger partial charge in [0.1, 0.15) is 0 Å². The van der Waals surface area contributed by atoms with Crippen LogP contribution in [0.25, 0.3) is 0 Å². The highest BCUT2D eigenvalue weighted by Crippen LogP contribution is 2.30. The molecule has 0 aromatic heterocycles. The second kappa shape index (κ2) is 18.0. The first-order valence-electron chi connectivity index (χ1n) is 18.4. The van der Waals surface area contributed by atoms with Gasteiger partial charge in [-0.2, -0.15) is 0 Å². The van der Waals surface area contributed by atoms with Gasteiger partial charge in [-0.3, -0.25) is 38.6 Å². The number of amides is 4. The van der Waals surface area contributed by atoms with E-state index in [1.807, 2.05) is 9.80 Å². The van der Waals surface area contributed by atoms with Gasteiger partial charge in [0.05, 0.1) is 57.5 Å². The zero-order valence-corrected chi connectivity index (χ0v) is 34.3. The van der Waals surface area contributed by atoms with Crippen molar-refractivity contribution < 1.29 is 47.8 Å². The summed E-state index contributed by atoms with van der Waals surface area (Å²) in [5, 5.41) is 0.951. The molecule has 4 aromatic rings.